The number of furan rings is 1. The van der Waals surface area contributed by atoms with E-state index in [1.807, 2.05) is 125 Å². The van der Waals surface area contributed by atoms with E-state index in [2.05, 4.69) is 78.9 Å². The fourth-order valence-corrected chi connectivity index (χ4v) is 8.92. The summed E-state index contributed by atoms with van der Waals surface area (Å²) < 4.78 is 47.8. The predicted octanol–water partition coefficient (Wildman–Crippen LogP) is 15.8. The van der Waals surface area contributed by atoms with Crippen LogP contribution < -0.4 is 4.90 Å². The van der Waals surface area contributed by atoms with Crippen molar-refractivity contribution in [3.05, 3.63) is 218 Å². The number of anilines is 3. The van der Waals surface area contributed by atoms with Crippen LogP contribution in [0.3, 0.4) is 0 Å². The number of nitrogens with zero attached hydrogens (tertiary/aromatic N) is 2. The molecule has 12 rings (SSSR count). The molecule has 0 radical (unpaired) electrons. The quantitative estimate of drug-likeness (QED) is 0.168. The van der Waals surface area contributed by atoms with Gasteiger partial charge < -0.3 is 13.9 Å². The van der Waals surface area contributed by atoms with Crippen molar-refractivity contribution in [2.75, 3.05) is 4.90 Å². The molecule has 0 saturated carbocycles. The molecule has 0 spiro atoms. The van der Waals surface area contributed by atoms with E-state index in [0.717, 1.165) is 82.2 Å². The van der Waals surface area contributed by atoms with Crippen LogP contribution in [0, 0.1) is 0 Å². The Labute approximate surface area is 346 Å². The van der Waals surface area contributed by atoms with Gasteiger partial charge in [0, 0.05) is 49.6 Å². The Morgan fingerprint density at radius 3 is 1.83 bits per heavy atom. The highest BCUT2D eigenvalue weighted by Gasteiger charge is 2.21. The number of hydrogen-bond donors (Lipinski definition) is 0. The van der Waals surface area contributed by atoms with Crippen LogP contribution in [0.5, 0.6) is 0 Å². The van der Waals surface area contributed by atoms with Gasteiger partial charge in [0.1, 0.15) is 11.2 Å². The van der Waals surface area contributed by atoms with Crippen LogP contribution in [-0.4, -0.2) is 4.57 Å². The Hall–Kier alpha value is -7.88. The zero-order valence-corrected chi connectivity index (χ0v) is 31.8. The van der Waals surface area contributed by atoms with Crippen LogP contribution in [0.15, 0.2) is 223 Å². The van der Waals surface area contributed by atoms with Gasteiger partial charge >= 0.3 is 0 Å². The number of aromatic nitrogens is 1. The molecule has 0 aliphatic rings. The van der Waals surface area contributed by atoms with Crippen LogP contribution >= 0.6 is 0 Å². The fraction of sp³-hybridized carbons (Fsp3) is 0. The van der Waals surface area contributed by atoms with E-state index >= 15 is 0 Å². The summed E-state index contributed by atoms with van der Waals surface area (Å²) in [5.41, 5.74) is 8.79. The minimum absolute atomic E-state index is 0.137. The van der Waals surface area contributed by atoms with Crippen molar-refractivity contribution in [1.29, 1.82) is 0 Å². The smallest absolute Gasteiger partial charge is 0.143 e. The van der Waals surface area contributed by atoms with Crippen LogP contribution in [0.25, 0.3) is 93.2 Å². The molecule has 0 atom stereocenters. The molecule has 10 aromatic carbocycles. The van der Waals surface area contributed by atoms with Crippen molar-refractivity contribution in [1.82, 2.24) is 4.57 Å². The Bertz CT molecular complexity index is 3730. The lowest BCUT2D eigenvalue weighted by Gasteiger charge is -2.28. The first-order chi connectivity index (χ1) is 30.9. The van der Waals surface area contributed by atoms with Crippen molar-refractivity contribution in [2.45, 2.75) is 0 Å². The molecule has 2 heterocycles. The number of benzene rings is 10. The lowest BCUT2D eigenvalue weighted by molar-refractivity contribution is 0.673. The third-order valence-electron chi connectivity index (χ3n) is 11.7. The molecule has 276 valence electrons. The summed E-state index contributed by atoms with van der Waals surface area (Å²) in [5.74, 6) is 0. The Morgan fingerprint density at radius 1 is 0.424 bits per heavy atom. The SMILES string of the molecule is [2H]c1c([2H])c(-n2c3ccccc3c3ccccc32)c([2H])c([2H])c1N(c1ccc(-c2ccc3ccccc3c2)cc1)c1ccccc1-c1cccc2ccc3c4ccccc4oc3c12. The summed E-state index contributed by atoms with van der Waals surface area (Å²) >= 11 is 0. The lowest BCUT2D eigenvalue weighted by atomic mass is 9.94. The summed E-state index contributed by atoms with van der Waals surface area (Å²) in [6.07, 6.45) is 0. The first kappa shape index (κ1) is 29.4. The van der Waals surface area contributed by atoms with Gasteiger partial charge in [-0.05, 0) is 106 Å². The highest BCUT2D eigenvalue weighted by Crippen LogP contribution is 2.46. The minimum atomic E-state index is -0.154. The van der Waals surface area contributed by atoms with E-state index in [0.29, 0.717) is 11.4 Å². The monoisotopic (exact) mass is 756 g/mol. The van der Waals surface area contributed by atoms with Gasteiger partial charge in [-0.3, -0.25) is 0 Å². The standard InChI is InChI=1S/C56H36N2O/c1-2-13-40-36-41(25-24-37(40)12-1)38-26-29-42(30-27-38)57(43-31-33-44(34-32-43)58-52-21-8-3-15-45(52)46-16-4-9-22-53(46)58)51-20-7-5-17-47(51)49-19-11-14-39-28-35-50-48-18-6-10-23-54(48)59-56(50)55(39)49/h1-36H/i31D,32D,33D,34D. The summed E-state index contributed by atoms with van der Waals surface area (Å²) in [7, 11) is 0. The van der Waals surface area contributed by atoms with Crippen LogP contribution in [0.1, 0.15) is 5.48 Å². The summed E-state index contributed by atoms with van der Waals surface area (Å²) in [4.78, 5) is 1.90. The predicted molar refractivity (Wildman–Crippen MR) is 249 cm³/mol. The Balaban J connectivity index is 1.11. The first-order valence-corrected chi connectivity index (χ1v) is 19.9. The van der Waals surface area contributed by atoms with Gasteiger partial charge in [-0.15, -0.1) is 0 Å². The van der Waals surface area contributed by atoms with Gasteiger partial charge in [-0.2, -0.15) is 0 Å². The molecule has 0 amide bonds. The second-order valence-electron chi connectivity index (χ2n) is 15.0. The molecule has 0 aliphatic heterocycles. The minimum Gasteiger partial charge on any atom is -0.455 e. The van der Waals surface area contributed by atoms with Gasteiger partial charge in [0.2, 0.25) is 0 Å². The zero-order valence-electron chi connectivity index (χ0n) is 35.8. The van der Waals surface area contributed by atoms with E-state index in [-0.39, 0.29) is 35.5 Å². The molecule has 0 fully saturated rings. The molecular weight excluding hydrogens is 717 g/mol. The summed E-state index contributed by atoms with van der Waals surface area (Å²) in [6, 6.07) is 64.7. The Morgan fingerprint density at radius 2 is 1.03 bits per heavy atom. The maximum absolute atomic E-state index is 9.89. The van der Waals surface area contributed by atoms with Crippen molar-refractivity contribution in [3.8, 4) is 27.9 Å². The van der Waals surface area contributed by atoms with Gasteiger partial charge in [0.05, 0.1) is 22.2 Å². The number of fused-ring (bicyclic) bond motifs is 9. The Kier molecular flexibility index (Phi) is 6.65. The van der Waals surface area contributed by atoms with E-state index in [1.165, 1.54) is 5.39 Å². The molecule has 3 nitrogen and oxygen atoms in total. The largest absolute Gasteiger partial charge is 0.455 e. The maximum atomic E-state index is 9.89. The second-order valence-corrected chi connectivity index (χ2v) is 15.0. The summed E-state index contributed by atoms with van der Waals surface area (Å²) in [6.45, 7) is 0. The normalized spacial score (nSPS) is 12.7. The molecule has 0 N–H and O–H groups in total. The van der Waals surface area contributed by atoms with Crippen molar-refractivity contribution in [3.63, 3.8) is 0 Å². The molecule has 0 saturated heterocycles. The molecule has 3 heteroatoms. The van der Waals surface area contributed by atoms with E-state index in [9.17, 15) is 5.48 Å². The van der Waals surface area contributed by atoms with Gasteiger partial charge in [0.25, 0.3) is 0 Å². The van der Waals surface area contributed by atoms with E-state index in [4.69, 9.17) is 4.42 Å². The van der Waals surface area contributed by atoms with Crippen molar-refractivity contribution in [2.24, 2.45) is 0 Å². The highest BCUT2D eigenvalue weighted by atomic mass is 16.3. The second kappa shape index (κ2) is 13.4. The van der Waals surface area contributed by atoms with Crippen LogP contribution in [-0.2, 0) is 0 Å². The third-order valence-corrected chi connectivity index (χ3v) is 11.7. The molecule has 12 aromatic rings. The molecule has 0 aliphatic carbocycles. The van der Waals surface area contributed by atoms with Crippen LogP contribution in [0.4, 0.5) is 17.1 Å². The highest BCUT2D eigenvalue weighted by molar-refractivity contribution is 6.19. The van der Waals surface area contributed by atoms with Crippen molar-refractivity contribution < 1.29 is 9.90 Å². The average molecular weight is 757 g/mol. The zero-order chi connectivity index (χ0) is 42.3. The maximum Gasteiger partial charge on any atom is 0.143 e. The van der Waals surface area contributed by atoms with E-state index in [1.54, 1.807) is 0 Å². The number of rotatable bonds is 6. The fourth-order valence-electron chi connectivity index (χ4n) is 8.92. The first-order valence-electron chi connectivity index (χ1n) is 21.9. The lowest BCUT2D eigenvalue weighted by Crippen LogP contribution is -2.11. The topological polar surface area (TPSA) is 21.3 Å². The molecule has 0 bridgehead atoms. The van der Waals surface area contributed by atoms with Gasteiger partial charge in [-0.1, -0.05) is 146 Å². The summed E-state index contributed by atoms with van der Waals surface area (Å²) in [5, 5.41) is 8.29. The molecule has 0 unspecified atom stereocenters. The number of para-hydroxylation sites is 4. The van der Waals surface area contributed by atoms with E-state index < -0.39 is 0 Å². The molecule has 2 aromatic heterocycles. The number of hydrogen-bond acceptors (Lipinski definition) is 2. The van der Waals surface area contributed by atoms with Crippen LogP contribution in [0.2, 0.25) is 0 Å². The molecular formula is C56H36N2O. The third kappa shape index (κ3) is 5.36. The average Bonchev–Trinajstić information content (AvgIpc) is 3.88. The van der Waals surface area contributed by atoms with Gasteiger partial charge in [0.15, 0.2) is 0 Å². The van der Waals surface area contributed by atoms with Crippen molar-refractivity contribution >= 4 is 82.4 Å². The molecule has 59 heavy (non-hydrogen) atoms. The van der Waals surface area contributed by atoms with Gasteiger partial charge in [-0.25, -0.2) is 0 Å².